The zero-order valence-corrected chi connectivity index (χ0v) is 18.2. The zero-order chi connectivity index (χ0) is 20.5. The molecule has 1 unspecified atom stereocenters. The minimum atomic E-state index is -0.376. The summed E-state index contributed by atoms with van der Waals surface area (Å²) in [5.74, 6) is 1.38. The number of anilines is 1. The van der Waals surface area contributed by atoms with Crippen molar-refractivity contribution in [1.29, 1.82) is 0 Å². The first-order valence-electron chi connectivity index (χ1n) is 8.96. The van der Waals surface area contributed by atoms with Crippen molar-refractivity contribution in [2.24, 2.45) is 7.05 Å². The molecule has 0 aliphatic carbocycles. The number of thiophene rings is 1. The van der Waals surface area contributed by atoms with Crippen molar-refractivity contribution in [1.82, 2.24) is 19.9 Å². The van der Waals surface area contributed by atoms with Gasteiger partial charge in [0, 0.05) is 33.5 Å². The van der Waals surface area contributed by atoms with Crippen LogP contribution >= 0.6 is 22.7 Å². The summed E-state index contributed by atoms with van der Waals surface area (Å²) in [6.45, 7) is 0. The summed E-state index contributed by atoms with van der Waals surface area (Å²) in [4.78, 5) is 25.6. The average Bonchev–Trinajstić information content (AvgIpc) is 3.40. The van der Waals surface area contributed by atoms with E-state index in [9.17, 15) is 4.79 Å². The number of fused-ring (bicyclic) bond motifs is 1. The lowest BCUT2D eigenvalue weighted by atomic mass is 10.1. The van der Waals surface area contributed by atoms with E-state index in [2.05, 4.69) is 15.3 Å². The lowest BCUT2D eigenvalue weighted by molar-refractivity contribution is 0.0945. The monoisotopic (exact) mass is 427 g/mol. The number of hydrogen-bond acceptors (Lipinski definition) is 7. The molecule has 0 saturated carbocycles. The molecule has 1 aromatic carbocycles. The molecule has 3 aromatic heterocycles. The molecule has 0 saturated heterocycles. The molecule has 7 nitrogen and oxygen atoms in total. The van der Waals surface area contributed by atoms with Crippen LogP contribution < -0.4 is 15.0 Å². The van der Waals surface area contributed by atoms with Crippen LogP contribution in [-0.2, 0) is 7.05 Å². The first kappa shape index (κ1) is 19.4. The van der Waals surface area contributed by atoms with Crippen LogP contribution in [0.1, 0.15) is 27.1 Å². The molecule has 0 bridgehead atoms. The second-order valence-corrected chi connectivity index (χ2v) is 8.79. The third-order valence-electron chi connectivity index (χ3n) is 4.53. The molecule has 4 rings (SSSR count). The molecule has 0 spiro atoms. The highest BCUT2D eigenvalue weighted by molar-refractivity contribution is 7.29. The molecule has 4 aromatic rings. The fraction of sp³-hybridized carbons (Fsp3) is 0.250. The SMILES string of the molecule is COc1ccc(C(NC(=O)c2cc3sc(N(C)C)nc3s2)c2nccn2C)cc1. The Kier molecular flexibility index (Phi) is 5.25. The Morgan fingerprint density at radius 3 is 2.59 bits per heavy atom. The Hall–Kier alpha value is -2.91. The van der Waals surface area contributed by atoms with Crippen LogP contribution in [0.5, 0.6) is 5.75 Å². The summed E-state index contributed by atoms with van der Waals surface area (Å²) >= 11 is 2.98. The minimum Gasteiger partial charge on any atom is -0.497 e. The van der Waals surface area contributed by atoms with Gasteiger partial charge in [-0.3, -0.25) is 4.79 Å². The van der Waals surface area contributed by atoms with Gasteiger partial charge in [-0.25, -0.2) is 9.97 Å². The van der Waals surface area contributed by atoms with Gasteiger partial charge in [0.25, 0.3) is 5.91 Å². The minimum absolute atomic E-state index is 0.143. The number of methoxy groups -OCH3 is 1. The number of ether oxygens (including phenoxy) is 1. The number of nitrogens with one attached hydrogen (secondary N) is 1. The molecule has 0 fully saturated rings. The van der Waals surface area contributed by atoms with Crippen LogP contribution in [0.15, 0.2) is 42.7 Å². The third kappa shape index (κ3) is 3.83. The second kappa shape index (κ2) is 7.84. The number of thiazole rings is 1. The highest BCUT2D eigenvalue weighted by atomic mass is 32.1. The highest BCUT2D eigenvalue weighted by Crippen LogP contribution is 2.34. The summed E-state index contributed by atoms with van der Waals surface area (Å²) < 4.78 is 8.17. The van der Waals surface area contributed by atoms with Crippen molar-refractivity contribution >= 4 is 43.2 Å². The van der Waals surface area contributed by atoms with Crippen molar-refractivity contribution in [2.45, 2.75) is 6.04 Å². The number of rotatable bonds is 6. The number of hydrogen-bond donors (Lipinski definition) is 1. The van der Waals surface area contributed by atoms with E-state index in [4.69, 9.17) is 4.74 Å². The van der Waals surface area contributed by atoms with Crippen molar-refractivity contribution in [3.8, 4) is 5.75 Å². The van der Waals surface area contributed by atoms with Gasteiger partial charge in [-0.2, -0.15) is 0 Å². The highest BCUT2D eigenvalue weighted by Gasteiger charge is 2.23. The normalized spacial score (nSPS) is 12.1. The third-order valence-corrected chi connectivity index (χ3v) is 6.85. The van der Waals surface area contributed by atoms with E-state index < -0.39 is 0 Å². The van der Waals surface area contributed by atoms with Crippen LogP contribution in [0.25, 0.3) is 9.53 Å². The molecule has 3 heterocycles. The van der Waals surface area contributed by atoms with Crippen molar-refractivity contribution < 1.29 is 9.53 Å². The number of amides is 1. The molecule has 1 amide bonds. The Labute approximate surface area is 176 Å². The Balaban J connectivity index is 1.63. The van der Waals surface area contributed by atoms with E-state index in [0.717, 1.165) is 31.8 Å². The Bertz CT molecular complexity index is 1110. The van der Waals surface area contributed by atoms with Crippen LogP contribution in [0.2, 0.25) is 0 Å². The fourth-order valence-corrected chi connectivity index (χ4v) is 5.01. The maximum atomic E-state index is 13.0. The van der Waals surface area contributed by atoms with E-state index >= 15 is 0 Å². The molecule has 1 atom stereocenters. The zero-order valence-electron chi connectivity index (χ0n) is 16.5. The number of nitrogens with zero attached hydrogens (tertiary/aromatic N) is 4. The van der Waals surface area contributed by atoms with Crippen LogP contribution in [0.3, 0.4) is 0 Å². The standard InChI is InChI=1S/C20H21N5O2S2/c1-24(2)20-23-19-15(29-20)11-14(28-19)18(26)22-16(17-21-9-10-25(17)3)12-5-7-13(27-4)8-6-12/h5-11,16H,1-4H3,(H,22,26). The largest absolute Gasteiger partial charge is 0.497 e. The van der Waals surface area contributed by atoms with Gasteiger partial charge in [0.2, 0.25) is 0 Å². The van der Waals surface area contributed by atoms with E-state index in [1.54, 1.807) is 24.6 Å². The summed E-state index contributed by atoms with van der Waals surface area (Å²) in [6.07, 6.45) is 3.59. The second-order valence-electron chi connectivity index (χ2n) is 6.75. The lowest BCUT2D eigenvalue weighted by Crippen LogP contribution is -2.30. The van der Waals surface area contributed by atoms with Gasteiger partial charge in [0.15, 0.2) is 5.13 Å². The average molecular weight is 428 g/mol. The van der Waals surface area contributed by atoms with Gasteiger partial charge in [-0.05, 0) is 23.8 Å². The molecule has 29 heavy (non-hydrogen) atoms. The predicted molar refractivity (Wildman–Crippen MR) is 117 cm³/mol. The number of carbonyl (C=O) groups is 1. The quantitative estimate of drug-likeness (QED) is 0.508. The van der Waals surface area contributed by atoms with Gasteiger partial charge >= 0.3 is 0 Å². The molecular weight excluding hydrogens is 406 g/mol. The number of aromatic nitrogens is 3. The summed E-state index contributed by atoms with van der Waals surface area (Å²) in [5, 5.41) is 4.06. The number of benzene rings is 1. The molecule has 0 radical (unpaired) electrons. The van der Waals surface area contributed by atoms with Gasteiger partial charge < -0.3 is 19.5 Å². The molecular formula is C20H21N5O2S2. The maximum absolute atomic E-state index is 13.0. The topological polar surface area (TPSA) is 72.3 Å². The number of aryl methyl sites for hydroxylation is 1. The Morgan fingerprint density at radius 1 is 1.24 bits per heavy atom. The van der Waals surface area contributed by atoms with E-state index in [-0.39, 0.29) is 11.9 Å². The van der Waals surface area contributed by atoms with Crippen LogP contribution in [0, 0.1) is 0 Å². The van der Waals surface area contributed by atoms with Crippen molar-refractivity contribution in [3.63, 3.8) is 0 Å². The van der Waals surface area contributed by atoms with Gasteiger partial charge in [0.1, 0.15) is 22.4 Å². The van der Waals surface area contributed by atoms with Crippen molar-refractivity contribution in [2.75, 3.05) is 26.1 Å². The first-order chi connectivity index (χ1) is 14.0. The molecule has 0 aliphatic heterocycles. The van der Waals surface area contributed by atoms with Crippen LogP contribution in [-0.4, -0.2) is 41.6 Å². The smallest absolute Gasteiger partial charge is 0.262 e. The lowest BCUT2D eigenvalue weighted by Gasteiger charge is -2.19. The molecule has 1 N–H and O–H groups in total. The van der Waals surface area contributed by atoms with Crippen LogP contribution in [0.4, 0.5) is 5.13 Å². The fourth-order valence-electron chi connectivity index (χ4n) is 2.98. The van der Waals surface area contributed by atoms with Gasteiger partial charge in [-0.1, -0.05) is 23.5 Å². The first-order valence-corrected chi connectivity index (χ1v) is 10.6. The molecule has 0 aliphatic rings. The molecule has 9 heteroatoms. The van der Waals surface area contributed by atoms with Gasteiger partial charge in [0.05, 0.1) is 16.7 Å². The number of imidazole rings is 1. The Morgan fingerprint density at radius 2 is 2.00 bits per heavy atom. The van der Waals surface area contributed by atoms with Crippen molar-refractivity contribution in [3.05, 3.63) is 59.0 Å². The van der Waals surface area contributed by atoms with Gasteiger partial charge in [-0.15, -0.1) is 11.3 Å². The predicted octanol–water partition coefficient (Wildman–Crippen LogP) is 3.69. The number of carbonyl (C=O) groups excluding carboxylic acids is 1. The van der Waals surface area contributed by atoms with E-state index in [0.29, 0.717) is 4.88 Å². The summed E-state index contributed by atoms with van der Waals surface area (Å²) in [6, 6.07) is 9.17. The molecule has 150 valence electrons. The van der Waals surface area contributed by atoms with E-state index in [1.807, 2.05) is 67.1 Å². The summed E-state index contributed by atoms with van der Waals surface area (Å²) in [7, 11) is 7.47. The van der Waals surface area contributed by atoms with E-state index in [1.165, 1.54) is 11.3 Å². The maximum Gasteiger partial charge on any atom is 0.262 e. The summed E-state index contributed by atoms with van der Waals surface area (Å²) in [5.41, 5.74) is 0.930.